The minimum Gasteiger partial charge on any atom is -0.381 e. The maximum Gasteiger partial charge on any atom is 0.193 e. The average Bonchev–Trinajstić information content (AvgIpc) is 3.18. The van der Waals surface area contributed by atoms with Crippen molar-refractivity contribution in [3.8, 4) is 0 Å². The van der Waals surface area contributed by atoms with Gasteiger partial charge in [-0.05, 0) is 45.7 Å². The van der Waals surface area contributed by atoms with Gasteiger partial charge < -0.3 is 19.9 Å². The minimum atomic E-state index is 0.406. The van der Waals surface area contributed by atoms with Gasteiger partial charge in [-0.15, -0.1) is 0 Å². The van der Waals surface area contributed by atoms with Gasteiger partial charge in [0, 0.05) is 38.2 Å². The van der Waals surface area contributed by atoms with Crippen LogP contribution in [-0.2, 0) is 4.74 Å². The number of nitrogens with zero attached hydrogens (tertiary/aromatic N) is 3. The highest BCUT2D eigenvalue weighted by Crippen LogP contribution is 2.38. The van der Waals surface area contributed by atoms with Gasteiger partial charge in [0.25, 0.3) is 0 Å². The number of rotatable bonds is 4. The fraction of sp³-hybridized carbons (Fsp3) is 0.941. The fourth-order valence-electron chi connectivity index (χ4n) is 3.99. The van der Waals surface area contributed by atoms with Crippen LogP contribution in [0.1, 0.15) is 39.0 Å². The fourth-order valence-corrected chi connectivity index (χ4v) is 3.99. The third-order valence-electron chi connectivity index (χ3n) is 5.38. The predicted molar refractivity (Wildman–Crippen MR) is 90.3 cm³/mol. The van der Waals surface area contributed by atoms with E-state index in [0.717, 1.165) is 51.9 Å². The molecule has 5 nitrogen and oxygen atoms in total. The Kier molecular flexibility index (Phi) is 5.58. The van der Waals surface area contributed by atoms with E-state index in [1.54, 1.807) is 0 Å². The van der Waals surface area contributed by atoms with Crippen LogP contribution in [0.2, 0.25) is 0 Å². The second-order valence-electron chi connectivity index (χ2n) is 7.11. The summed E-state index contributed by atoms with van der Waals surface area (Å²) in [6.07, 6.45) is 6.59. The lowest BCUT2D eigenvalue weighted by Crippen LogP contribution is -2.42. The maximum absolute atomic E-state index is 5.64. The number of likely N-dealkylation sites (tertiary alicyclic amines) is 2. The molecule has 3 fully saturated rings. The summed E-state index contributed by atoms with van der Waals surface area (Å²) in [6.45, 7) is 11.8. The molecule has 0 aromatic heterocycles. The van der Waals surface area contributed by atoms with E-state index in [1.165, 1.54) is 45.2 Å². The third kappa shape index (κ3) is 3.93. The van der Waals surface area contributed by atoms with Gasteiger partial charge in [-0.25, -0.2) is 0 Å². The summed E-state index contributed by atoms with van der Waals surface area (Å²) in [7, 11) is 0. The second-order valence-corrected chi connectivity index (χ2v) is 7.11. The summed E-state index contributed by atoms with van der Waals surface area (Å²) in [5.41, 5.74) is 0.406. The molecule has 0 saturated carbocycles. The molecule has 0 radical (unpaired) electrons. The van der Waals surface area contributed by atoms with Crippen molar-refractivity contribution < 1.29 is 4.74 Å². The Bertz CT molecular complexity index is 373. The first-order valence-corrected chi connectivity index (χ1v) is 9.15. The van der Waals surface area contributed by atoms with Crippen molar-refractivity contribution >= 4 is 5.96 Å². The largest absolute Gasteiger partial charge is 0.381 e. The van der Waals surface area contributed by atoms with Crippen LogP contribution in [0.4, 0.5) is 0 Å². The quantitative estimate of drug-likeness (QED) is 0.632. The van der Waals surface area contributed by atoms with Crippen molar-refractivity contribution in [1.82, 2.24) is 15.1 Å². The predicted octanol–water partition coefficient (Wildman–Crippen LogP) is 1.55. The molecule has 0 amide bonds. The normalized spacial score (nSPS) is 30.4. The van der Waals surface area contributed by atoms with Crippen LogP contribution in [0.5, 0.6) is 0 Å². The SMILES string of the molecule is CCNC(=NCCN1CCCCC1)N1CCC2(CCOC2)C1. The van der Waals surface area contributed by atoms with Gasteiger partial charge in [0.1, 0.15) is 0 Å². The molecule has 1 N–H and O–H groups in total. The summed E-state index contributed by atoms with van der Waals surface area (Å²) in [6, 6.07) is 0. The van der Waals surface area contributed by atoms with E-state index in [9.17, 15) is 0 Å². The molecule has 0 bridgehead atoms. The zero-order valence-corrected chi connectivity index (χ0v) is 14.1. The van der Waals surface area contributed by atoms with Crippen LogP contribution < -0.4 is 5.32 Å². The van der Waals surface area contributed by atoms with E-state index in [2.05, 4.69) is 22.0 Å². The van der Waals surface area contributed by atoms with Crippen LogP contribution >= 0.6 is 0 Å². The van der Waals surface area contributed by atoms with E-state index in [4.69, 9.17) is 9.73 Å². The van der Waals surface area contributed by atoms with Gasteiger partial charge in [-0.3, -0.25) is 4.99 Å². The van der Waals surface area contributed by atoms with Crippen LogP contribution in [0.3, 0.4) is 0 Å². The van der Waals surface area contributed by atoms with E-state index >= 15 is 0 Å². The van der Waals surface area contributed by atoms with Crippen LogP contribution in [-0.4, -0.2) is 74.8 Å². The Balaban J connectivity index is 1.51. The van der Waals surface area contributed by atoms with Crippen LogP contribution in [0.15, 0.2) is 4.99 Å². The molecule has 1 atom stereocenters. The van der Waals surface area contributed by atoms with Crippen molar-refractivity contribution in [3.05, 3.63) is 0 Å². The lowest BCUT2D eigenvalue weighted by molar-refractivity contribution is 0.156. The highest BCUT2D eigenvalue weighted by atomic mass is 16.5. The summed E-state index contributed by atoms with van der Waals surface area (Å²) in [4.78, 5) is 9.91. The second kappa shape index (κ2) is 7.64. The number of hydrogen-bond donors (Lipinski definition) is 1. The molecule has 1 spiro atoms. The lowest BCUT2D eigenvalue weighted by atomic mass is 9.87. The van der Waals surface area contributed by atoms with Crippen molar-refractivity contribution in [2.45, 2.75) is 39.0 Å². The van der Waals surface area contributed by atoms with Gasteiger partial charge in [0.2, 0.25) is 0 Å². The highest BCUT2D eigenvalue weighted by Gasteiger charge is 2.42. The Morgan fingerprint density at radius 2 is 2.05 bits per heavy atom. The topological polar surface area (TPSA) is 40.1 Å². The van der Waals surface area contributed by atoms with E-state index in [1.807, 2.05) is 0 Å². The maximum atomic E-state index is 5.64. The molecular weight excluding hydrogens is 276 g/mol. The first-order valence-electron chi connectivity index (χ1n) is 9.15. The van der Waals surface area contributed by atoms with Gasteiger partial charge in [0.05, 0.1) is 13.2 Å². The Morgan fingerprint density at radius 3 is 2.77 bits per heavy atom. The number of ether oxygens (including phenoxy) is 1. The summed E-state index contributed by atoms with van der Waals surface area (Å²) in [5, 5.41) is 3.49. The van der Waals surface area contributed by atoms with Crippen molar-refractivity contribution in [2.75, 3.05) is 59.0 Å². The molecule has 3 aliphatic rings. The Labute approximate surface area is 135 Å². The minimum absolute atomic E-state index is 0.406. The van der Waals surface area contributed by atoms with Crippen LogP contribution in [0, 0.1) is 5.41 Å². The molecule has 3 saturated heterocycles. The standard InChI is InChI=1S/C17H32N4O/c1-2-18-16(19-8-12-20-9-4-3-5-10-20)21-11-6-17(14-21)7-13-22-15-17/h2-15H2,1H3,(H,18,19). The summed E-state index contributed by atoms with van der Waals surface area (Å²) >= 11 is 0. The smallest absolute Gasteiger partial charge is 0.193 e. The van der Waals surface area contributed by atoms with Crippen molar-refractivity contribution in [2.24, 2.45) is 10.4 Å². The lowest BCUT2D eigenvalue weighted by Gasteiger charge is -2.27. The number of guanidine groups is 1. The Morgan fingerprint density at radius 1 is 1.18 bits per heavy atom. The zero-order valence-electron chi connectivity index (χ0n) is 14.1. The monoisotopic (exact) mass is 308 g/mol. The van der Waals surface area contributed by atoms with Gasteiger partial charge in [-0.2, -0.15) is 0 Å². The molecule has 22 heavy (non-hydrogen) atoms. The number of aliphatic imine (C=N–C) groups is 1. The molecule has 5 heteroatoms. The Hall–Kier alpha value is -0.810. The van der Waals surface area contributed by atoms with E-state index < -0.39 is 0 Å². The highest BCUT2D eigenvalue weighted by molar-refractivity contribution is 5.80. The first-order chi connectivity index (χ1) is 10.8. The van der Waals surface area contributed by atoms with Crippen molar-refractivity contribution in [1.29, 1.82) is 0 Å². The molecule has 3 aliphatic heterocycles. The molecule has 1 unspecified atom stereocenters. The molecule has 0 aromatic carbocycles. The first kappa shape index (κ1) is 16.1. The van der Waals surface area contributed by atoms with E-state index in [0.29, 0.717) is 5.41 Å². The molecule has 3 heterocycles. The van der Waals surface area contributed by atoms with Gasteiger partial charge >= 0.3 is 0 Å². The number of hydrogen-bond acceptors (Lipinski definition) is 3. The van der Waals surface area contributed by atoms with Crippen molar-refractivity contribution in [3.63, 3.8) is 0 Å². The van der Waals surface area contributed by atoms with Crippen LogP contribution in [0.25, 0.3) is 0 Å². The molecule has 3 rings (SSSR count). The molecule has 126 valence electrons. The molecular formula is C17H32N4O. The number of piperidine rings is 1. The summed E-state index contributed by atoms with van der Waals surface area (Å²) < 4.78 is 5.64. The molecule has 0 aliphatic carbocycles. The molecule has 0 aromatic rings. The van der Waals surface area contributed by atoms with E-state index in [-0.39, 0.29) is 0 Å². The van der Waals surface area contributed by atoms with Gasteiger partial charge in [-0.1, -0.05) is 6.42 Å². The summed E-state index contributed by atoms with van der Waals surface area (Å²) in [5.74, 6) is 1.11. The average molecular weight is 308 g/mol. The van der Waals surface area contributed by atoms with Gasteiger partial charge in [0.15, 0.2) is 5.96 Å². The third-order valence-corrected chi connectivity index (χ3v) is 5.38. The zero-order chi connectivity index (χ0) is 15.3. The number of nitrogens with one attached hydrogen (secondary N) is 1.